The molecule has 0 aliphatic carbocycles. The number of rotatable bonds is 10. The number of nitrogens with zero attached hydrogens (tertiary/aromatic N) is 6. The molecule has 1 N–H and O–H groups in total. The minimum atomic E-state index is -3.92. The summed E-state index contributed by atoms with van der Waals surface area (Å²) in [5.41, 5.74) is 1.83. The third-order valence-corrected chi connectivity index (χ3v) is 9.47. The fraction of sp³-hybridized carbons (Fsp3) is 0.233. The summed E-state index contributed by atoms with van der Waals surface area (Å²) in [7, 11) is -0.959. The van der Waals surface area contributed by atoms with E-state index in [-0.39, 0.29) is 23.2 Å². The van der Waals surface area contributed by atoms with Crippen LogP contribution in [0.4, 0.5) is 4.39 Å². The van der Waals surface area contributed by atoms with E-state index in [1.54, 1.807) is 50.2 Å². The lowest BCUT2D eigenvalue weighted by Crippen LogP contribution is -2.36. The standard InChI is InChI=1S/C30H30FN6O5S/c1-19(29-32-16-22(31)17-33-29)20(2)43(39,40)18-27-34-35-30(36(27)28-25(41-3)14-9-15-26(28)42-4)24-13-8-12-23(37(24)38)21-10-6-5-7-11-21/h5-17,19-20,38H,18H2,1-4H3/q+1/t19-,20-/m0/s1. The summed E-state index contributed by atoms with van der Waals surface area (Å²) in [5.74, 6) is -0.659. The van der Waals surface area contributed by atoms with Crippen LogP contribution in [0.25, 0.3) is 28.5 Å². The Hall–Kier alpha value is -4.91. The molecule has 5 aromatic rings. The van der Waals surface area contributed by atoms with E-state index in [1.807, 2.05) is 30.3 Å². The van der Waals surface area contributed by atoms with E-state index >= 15 is 0 Å². The quantitative estimate of drug-likeness (QED) is 0.184. The number of ether oxygens (including phenoxy) is 2. The zero-order valence-electron chi connectivity index (χ0n) is 23.9. The zero-order valence-corrected chi connectivity index (χ0v) is 24.7. The molecule has 2 aromatic carbocycles. The van der Waals surface area contributed by atoms with Crippen molar-refractivity contribution in [3.8, 4) is 40.0 Å². The third-order valence-electron chi connectivity index (χ3n) is 7.27. The number of hydrogen-bond donors (Lipinski definition) is 1. The Bertz CT molecular complexity index is 1830. The second-order valence-corrected chi connectivity index (χ2v) is 12.2. The van der Waals surface area contributed by atoms with E-state index < -0.39 is 32.6 Å². The van der Waals surface area contributed by atoms with E-state index in [4.69, 9.17) is 9.47 Å². The number of methoxy groups -OCH3 is 2. The third kappa shape index (κ3) is 5.75. The molecule has 0 saturated heterocycles. The van der Waals surface area contributed by atoms with Crippen molar-refractivity contribution in [2.24, 2.45) is 0 Å². The van der Waals surface area contributed by atoms with Crippen LogP contribution in [0.5, 0.6) is 11.5 Å². The Balaban J connectivity index is 1.66. The summed E-state index contributed by atoms with van der Waals surface area (Å²) in [5, 5.41) is 19.1. The lowest BCUT2D eigenvalue weighted by molar-refractivity contribution is -0.887. The number of benzene rings is 2. The number of hydrogen-bond acceptors (Lipinski definition) is 9. The average molecular weight is 606 g/mol. The highest BCUT2D eigenvalue weighted by Crippen LogP contribution is 2.37. The largest absolute Gasteiger partial charge is 0.494 e. The van der Waals surface area contributed by atoms with Gasteiger partial charge in [-0.1, -0.05) is 31.2 Å². The van der Waals surface area contributed by atoms with E-state index in [9.17, 15) is 18.0 Å². The van der Waals surface area contributed by atoms with Crippen LogP contribution in [-0.4, -0.2) is 57.8 Å². The van der Waals surface area contributed by atoms with E-state index in [1.165, 1.54) is 18.8 Å². The molecule has 3 aromatic heterocycles. The first-order chi connectivity index (χ1) is 20.7. The summed E-state index contributed by atoms with van der Waals surface area (Å²) in [6, 6.07) is 19.6. The van der Waals surface area contributed by atoms with Crippen molar-refractivity contribution in [3.05, 3.63) is 96.6 Å². The molecule has 11 nitrogen and oxygen atoms in total. The minimum Gasteiger partial charge on any atom is -0.494 e. The molecule has 2 atom stereocenters. The predicted molar refractivity (Wildman–Crippen MR) is 155 cm³/mol. The molecular formula is C30H30FN6O5S+. The van der Waals surface area contributed by atoms with Gasteiger partial charge in [0.1, 0.15) is 28.8 Å². The van der Waals surface area contributed by atoms with E-state index in [2.05, 4.69) is 20.2 Å². The molecule has 222 valence electrons. The molecule has 43 heavy (non-hydrogen) atoms. The molecule has 0 spiro atoms. The molecule has 0 bridgehead atoms. The molecule has 0 aliphatic heterocycles. The van der Waals surface area contributed by atoms with Crippen molar-refractivity contribution in [1.29, 1.82) is 0 Å². The number of aromatic nitrogens is 6. The van der Waals surface area contributed by atoms with Gasteiger partial charge < -0.3 is 9.47 Å². The lowest BCUT2D eigenvalue weighted by atomic mass is 10.1. The van der Waals surface area contributed by atoms with Gasteiger partial charge >= 0.3 is 5.69 Å². The van der Waals surface area contributed by atoms with Gasteiger partial charge in [-0.25, -0.2) is 22.8 Å². The van der Waals surface area contributed by atoms with Crippen molar-refractivity contribution in [3.63, 3.8) is 0 Å². The zero-order chi connectivity index (χ0) is 30.7. The monoisotopic (exact) mass is 605 g/mol. The number of para-hydroxylation sites is 1. The lowest BCUT2D eigenvalue weighted by Gasteiger charge is -2.20. The predicted octanol–water partition coefficient (Wildman–Crippen LogP) is 4.18. The first-order valence-electron chi connectivity index (χ1n) is 13.3. The second kappa shape index (κ2) is 12.1. The van der Waals surface area contributed by atoms with Crippen molar-refractivity contribution in [2.75, 3.05) is 14.2 Å². The highest BCUT2D eigenvalue weighted by Gasteiger charge is 2.35. The smallest absolute Gasteiger partial charge is 0.302 e. The first-order valence-corrected chi connectivity index (χ1v) is 15.0. The summed E-state index contributed by atoms with van der Waals surface area (Å²) in [4.78, 5) is 7.94. The van der Waals surface area contributed by atoms with Gasteiger partial charge in [0.25, 0.3) is 5.69 Å². The van der Waals surface area contributed by atoms with Crippen LogP contribution in [-0.2, 0) is 15.6 Å². The van der Waals surface area contributed by atoms with Gasteiger partial charge in [0.15, 0.2) is 21.5 Å². The maximum absolute atomic E-state index is 13.8. The average Bonchev–Trinajstić information content (AvgIpc) is 3.42. The topological polar surface area (TPSA) is 133 Å². The second-order valence-electron chi connectivity index (χ2n) is 9.82. The van der Waals surface area contributed by atoms with Crippen LogP contribution in [0.15, 0.2) is 79.1 Å². The van der Waals surface area contributed by atoms with Gasteiger partial charge in [-0.3, -0.25) is 9.77 Å². The van der Waals surface area contributed by atoms with Crippen LogP contribution < -0.4 is 14.2 Å². The van der Waals surface area contributed by atoms with Crippen molar-refractivity contribution in [2.45, 2.75) is 30.8 Å². The molecular weight excluding hydrogens is 575 g/mol. The number of halogens is 1. The SMILES string of the molecule is COc1cccc(OC)c1-n1c(CS(=O)(=O)[C@@H](C)[C@H](C)c2ncc(F)cn2)nnc1-c1cccc(-c2ccccc2)[n+]1O. The highest BCUT2D eigenvalue weighted by atomic mass is 32.2. The van der Waals surface area contributed by atoms with Crippen LogP contribution in [0.1, 0.15) is 31.4 Å². The van der Waals surface area contributed by atoms with E-state index in [0.29, 0.717) is 22.9 Å². The maximum atomic E-state index is 13.8. The van der Waals surface area contributed by atoms with Gasteiger partial charge in [-0.15, -0.1) is 10.2 Å². The van der Waals surface area contributed by atoms with Crippen LogP contribution in [0.2, 0.25) is 0 Å². The minimum absolute atomic E-state index is 0.0574. The number of pyridine rings is 1. The highest BCUT2D eigenvalue weighted by molar-refractivity contribution is 7.91. The molecule has 0 amide bonds. The van der Waals surface area contributed by atoms with Crippen LogP contribution >= 0.6 is 0 Å². The van der Waals surface area contributed by atoms with Crippen molar-refractivity contribution < 1.29 is 32.2 Å². The van der Waals surface area contributed by atoms with Gasteiger partial charge in [-0.2, -0.15) is 0 Å². The van der Waals surface area contributed by atoms with Crippen molar-refractivity contribution >= 4 is 9.84 Å². The Morgan fingerprint density at radius 3 is 2.12 bits per heavy atom. The molecule has 0 radical (unpaired) electrons. The Morgan fingerprint density at radius 2 is 1.49 bits per heavy atom. The fourth-order valence-corrected chi connectivity index (χ4v) is 6.30. The van der Waals surface area contributed by atoms with Crippen LogP contribution in [0.3, 0.4) is 0 Å². The Morgan fingerprint density at radius 1 is 0.884 bits per heavy atom. The van der Waals surface area contributed by atoms with Gasteiger partial charge in [0.05, 0.1) is 37.4 Å². The van der Waals surface area contributed by atoms with E-state index in [0.717, 1.165) is 22.7 Å². The maximum Gasteiger partial charge on any atom is 0.302 e. The van der Waals surface area contributed by atoms with Gasteiger partial charge in [-0.05, 0) is 37.3 Å². The first kappa shape index (κ1) is 29.6. The summed E-state index contributed by atoms with van der Waals surface area (Å²) < 4.78 is 54.8. The molecule has 0 unspecified atom stereocenters. The Kier molecular flexibility index (Phi) is 8.35. The molecule has 3 heterocycles. The number of sulfone groups is 1. The van der Waals surface area contributed by atoms with Gasteiger partial charge in [0.2, 0.25) is 5.82 Å². The fourth-order valence-electron chi connectivity index (χ4n) is 4.75. The normalized spacial score (nSPS) is 13.0. The summed E-state index contributed by atoms with van der Waals surface area (Å²) >= 11 is 0. The summed E-state index contributed by atoms with van der Waals surface area (Å²) in [6.45, 7) is 3.21. The summed E-state index contributed by atoms with van der Waals surface area (Å²) in [6.07, 6.45) is 2.01. The van der Waals surface area contributed by atoms with Crippen molar-refractivity contribution in [1.82, 2.24) is 24.7 Å². The van der Waals surface area contributed by atoms with Crippen LogP contribution in [0, 0.1) is 5.82 Å². The molecule has 0 fully saturated rings. The molecule has 0 saturated carbocycles. The molecule has 5 rings (SSSR count). The molecule has 0 aliphatic rings. The Labute approximate surface area is 248 Å². The van der Waals surface area contributed by atoms with Gasteiger partial charge in [0, 0.05) is 22.8 Å². The molecule has 13 heteroatoms.